The number of amides is 1. The van der Waals surface area contributed by atoms with Gasteiger partial charge in [0.05, 0.1) is 5.56 Å². The lowest BCUT2D eigenvalue weighted by atomic mass is 10.1. The molecule has 0 radical (unpaired) electrons. The van der Waals surface area contributed by atoms with Gasteiger partial charge in [-0.3, -0.25) is 10.2 Å². The minimum atomic E-state index is -0.286. The lowest BCUT2D eigenvalue weighted by Gasteiger charge is -2.11. The molecule has 130 valence electrons. The molecular weight excluding hydrogens is 330 g/mol. The molecule has 0 spiro atoms. The molecule has 2 aromatic carbocycles. The van der Waals surface area contributed by atoms with E-state index in [1.807, 2.05) is 13.0 Å². The lowest BCUT2D eigenvalue weighted by Crippen LogP contribution is -2.30. The average Bonchev–Trinajstić information content (AvgIpc) is 2.65. The van der Waals surface area contributed by atoms with E-state index >= 15 is 0 Å². The van der Waals surface area contributed by atoms with Gasteiger partial charge in [0.2, 0.25) is 0 Å². The number of hydrogen-bond acceptors (Lipinski definition) is 5. The normalized spacial score (nSPS) is 10.2. The van der Waals surface area contributed by atoms with E-state index in [0.29, 0.717) is 28.3 Å². The number of carbonyl (C=O) groups is 1. The van der Waals surface area contributed by atoms with E-state index < -0.39 is 0 Å². The first-order chi connectivity index (χ1) is 12.6. The van der Waals surface area contributed by atoms with Gasteiger partial charge >= 0.3 is 6.01 Å². The second-order valence-electron chi connectivity index (χ2n) is 5.58. The van der Waals surface area contributed by atoms with Crippen LogP contribution in [0.25, 0.3) is 0 Å². The number of hydrogen-bond donors (Lipinski definition) is 3. The predicted octanol–water partition coefficient (Wildman–Crippen LogP) is 1.59. The number of rotatable bonds is 5. The van der Waals surface area contributed by atoms with Gasteiger partial charge in [0.15, 0.2) is 6.21 Å². The van der Waals surface area contributed by atoms with Crippen molar-refractivity contribution in [2.45, 2.75) is 6.92 Å². The van der Waals surface area contributed by atoms with Crippen LogP contribution in [-0.2, 0) is 0 Å². The van der Waals surface area contributed by atoms with Crippen LogP contribution in [0.3, 0.4) is 0 Å². The fourth-order valence-corrected chi connectivity index (χ4v) is 2.30. The Balaban J connectivity index is 1.79. The number of carbonyl (C=O) groups excluding carboxylic acids is 1. The molecule has 0 saturated heterocycles. The van der Waals surface area contributed by atoms with Crippen molar-refractivity contribution in [3.05, 3.63) is 71.5 Å². The van der Waals surface area contributed by atoms with Crippen molar-refractivity contribution in [1.29, 1.82) is 0 Å². The first kappa shape index (κ1) is 17.1. The maximum absolute atomic E-state index is 12.4. The molecule has 0 aliphatic heterocycles. The van der Waals surface area contributed by atoms with Gasteiger partial charge in [0, 0.05) is 35.4 Å². The molecule has 3 rings (SSSR count). The zero-order valence-corrected chi connectivity index (χ0v) is 14.1. The topological polar surface area (TPSA) is 116 Å². The summed E-state index contributed by atoms with van der Waals surface area (Å²) in [6, 6.07) is 12.2. The molecule has 1 heterocycles. The largest absolute Gasteiger partial charge is 0.424 e. The molecule has 1 aromatic heterocycles. The Labute approximate surface area is 150 Å². The Bertz CT molecular complexity index is 957. The summed E-state index contributed by atoms with van der Waals surface area (Å²) in [7, 11) is 0. The number of anilines is 2. The van der Waals surface area contributed by atoms with Crippen LogP contribution in [0.1, 0.15) is 21.5 Å². The summed E-state index contributed by atoms with van der Waals surface area (Å²) >= 11 is 0. The number of nitrogens with one attached hydrogen (secondary N) is 1. The highest BCUT2D eigenvalue weighted by molar-refractivity contribution is 6.05. The van der Waals surface area contributed by atoms with E-state index in [-0.39, 0.29) is 11.9 Å². The molecule has 0 aliphatic carbocycles. The number of nitrogens with two attached hydrogens (primary N) is 2. The van der Waals surface area contributed by atoms with Crippen molar-refractivity contribution < 1.29 is 14.9 Å². The van der Waals surface area contributed by atoms with Gasteiger partial charge in [-0.15, -0.1) is 0 Å². The molecule has 0 bridgehead atoms. The van der Waals surface area contributed by atoms with Gasteiger partial charge in [-0.2, -0.15) is 0 Å². The average molecular weight is 348 g/mol. The summed E-state index contributed by atoms with van der Waals surface area (Å²) in [5.41, 5.74) is 8.89. The van der Waals surface area contributed by atoms with Crippen LogP contribution in [0.15, 0.2) is 54.9 Å². The van der Waals surface area contributed by atoms with Crippen molar-refractivity contribution in [3.63, 3.8) is 0 Å². The predicted molar refractivity (Wildman–Crippen MR) is 99.2 cm³/mol. The van der Waals surface area contributed by atoms with Crippen LogP contribution in [0, 0.1) is 6.92 Å². The quantitative estimate of drug-likeness (QED) is 0.478. The monoisotopic (exact) mass is 348 g/mol. The van der Waals surface area contributed by atoms with E-state index in [2.05, 4.69) is 15.3 Å². The molecule has 0 unspecified atom stereocenters. The molecular formula is C19H18N5O2+. The Morgan fingerprint density at radius 2 is 1.96 bits per heavy atom. The minimum absolute atomic E-state index is 0.237. The Morgan fingerprint density at radius 3 is 2.65 bits per heavy atom. The van der Waals surface area contributed by atoms with Crippen LogP contribution in [0.5, 0.6) is 11.8 Å². The van der Waals surface area contributed by atoms with Crippen LogP contribution in [-0.4, -0.2) is 22.1 Å². The summed E-state index contributed by atoms with van der Waals surface area (Å²) < 4.78 is 5.67. The third-order valence-electron chi connectivity index (χ3n) is 3.72. The van der Waals surface area contributed by atoms with Crippen molar-refractivity contribution in [1.82, 2.24) is 9.97 Å². The van der Waals surface area contributed by atoms with Crippen LogP contribution in [0.2, 0.25) is 0 Å². The fourth-order valence-electron chi connectivity index (χ4n) is 2.30. The summed E-state index contributed by atoms with van der Waals surface area (Å²) in [4.78, 5) is 20.5. The molecule has 0 saturated carbocycles. The molecule has 3 aromatic rings. The third kappa shape index (κ3) is 3.84. The van der Waals surface area contributed by atoms with E-state index in [1.165, 1.54) is 6.21 Å². The summed E-state index contributed by atoms with van der Waals surface area (Å²) in [5.74, 6) is 0.271. The van der Waals surface area contributed by atoms with Gasteiger partial charge in [-0.25, -0.2) is 9.97 Å². The van der Waals surface area contributed by atoms with Crippen LogP contribution >= 0.6 is 0 Å². The molecule has 7 nitrogen and oxygen atoms in total. The van der Waals surface area contributed by atoms with E-state index in [1.54, 1.807) is 48.8 Å². The van der Waals surface area contributed by atoms with Gasteiger partial charge < -0.3 is 15.8 Å². The highest BCUT2D eigenvalue weighted by atomic mass is 16.5. The fraction of sp³-hybridized carbons (Fsp3) is 0.0526. The number of nitrogen functional groups attached to an aromatic ring is 1. The van der Waals surface area contributed by atoms with Crippen LogP contribution in [0.4, 0.5) is 11.4 Å². The zero-order valence-electron chi connectivity index (χ0n) is 14.1. The van der Waals surface area contributed by atoms with Crippen LogP contribution < -0.4 is 21.2 Å². The molecule has 7 heteroatoms. The number of ether oxygens (including phenoxy) is 1. The van der Waals surface area contributed by atoms with E-state index in [9.17, 15) is 4.79 Å². The number of benzene rings is 2. The maximum atomic E-state index is 12.4. The third-order valence-corrected chi connectivity index (χ3v) is 3.72. The molecule has 0 atom stereocenters. The molecule has 0 aliphatic rings. The number of aromatic nitrogens is 2. The van der Waals surface area contributed by atoms with Crippen molar-refractivity contribution >= 4 is 23.5 Å². The minimum Gasteiger partial charge on any atom is -0.424 e. The summed E-state index contributed by atoms with van der Waals surface area (Å²) in [6.07, 6.45) is 4.58. The second-order valence-corrected chi connectivity index (χ2v) is 5.58. The second kappa shape index (κ2) is 7.43. The van der Waals surface area contributed by atoms with Crippen molar-refractivity contribution in [2.24, 2.45) is 0 Å². The molecule has 5 N–H and O–H groups in total. The smallest absolute Gasteiger partial charge is 0.321 e. The zero-order chi connectivity index (χ0) is 18.5. The Kier molecular flexibility index (Phi) is 4.89. The van der Waals surface area contributed by atoms with Gasteiger partial charge in [0.25, 0.3) is 5.91 Å². The standard InChI is InChI=1S/C19H17N5O2/c1-12-3-6-15(10-17(12)26-19-22-7-2-8-23-19)24-18(25)13-4-5-14(11-20)16(21)9-13/h2-11,20H,21H2,1H3,(H,24,25)/p+1. The number of aryl methyl sites for hydroxylation is 1. The van der Waals surface area contributed by atoms with Gasteiger partial charge in [0.1, 0.15) is 5.75 Å². The summed E-state index contributed by atoms with van der Waals surface area (Å²) in [6.45, 7) is 1.90. The lowest BCUT2D eigenvalue weighted by molar-refractivity contribution is -0.104. The molecule has 1 amide bonds. The first-order valence-electron chi connectivity index (χ1n) is 7.88. The van der Waals surface area contributed by atoms with E-state index in [4.69, 9.17) is 15.9 Å². The van der Waals surface area contributed by atoms with E-state index in [0.717, 1.165) is 5.56 Å². The first-order valence-corrected chi connectivity index (χ1v) is 7.88. The highest BCUT2D eigenvalue weighted by Gasteiger charge is 2.11. The SMILES string of the molecule is Cc1ccc(NC(=O)c2ccc(C=[NH2+])c(N)c2)cc1Oc1ncccn1. The maximum Gasteiger partial charge on any atom is 0.321 e. The Hall–Kier alpha value is -3.74. The van der Waals surface area contributed by atoms with Crippen molar-refractivity contribution in [3.8, 4) is 11.8 Å². The van der Waals surface area contributed by atoms with Gasteiger partial charge in [-0.05, 0) is 42.8 Å². The van der Waals surface area contributed by atoms with Crippen molar-refractivity contribution in [2.75, 3.05) is 11.1 Å². The highest BCUT2D eigenvalue weighted by Crippen LogP contribution is 2.26. The van der Waals surface area contributed by atoms with Gasteiger partial charge in [-0.1, -0.05) is 6.07 Å². The summed E-state index contributed by atoms with van der Waals surface area (Å²) in [5, 5.41) is 8.28. The molecule has 0 fully saturated rings. The molecule has 26 heavy (non-hydrogen) atoms. The Morgan fingerprint density at radius 1 is 1.19 bits per heavy atom. The number of nitrogens with zero attached hydrogens (tertiary/aromatic N) is 2.